The van der Waals surface area contributed by atoms with Crippen molar-refractivity contribution in [1.82, 2.24) is 4.57 Å². The van der Waals surface area contributed by atoms with E-state index >= 15 is 0 Å². The minimum absolute atomic E-state index is 0.194. The molecule has 3 heterocycles. The number of aromatic nitrogens is 1. The molecule has 5 rings (SSSR count). The standard InChI is InChI=1S/C32H30N2O7S/c1-5-38-23-13-11-20(12-14-23)28-27(31(37)40-7-3)19(4)33-32-34(28)29(35)26(42-32)18-24-15-16-25(41-24)21-9-8-10-22(17-21)30(36)39-6-2/h8-18,28H,5-7H2,1-4H3/b26-18-/t28-/m1/s1. The Kier molecular flexibility index (Phi) is 8.53. The lowest BCUT2D eigenvalue weighted by Gasteiger charge is -2.24. The molecule has 0 radical (unpaired) electrons. The fourth-order valence-electron chi connectivity index (χ4n) is 4.75. The Bertz CT molecular complexity index is 1840. The highest BCUT2D eigenvalue weighted by atomic mass is 32.1. The molecule has 1 aliphatic heterocycles. The van der Waals surface area contributed by atoms with Crippen LogP contribution in [0.1, 0.15) is 55.4 Å². The highest BCUT2D eigenvalue weighted by Gasteiger charge is 2.33. The lowest BCUT2D eigenvalue weighted by molar-refractivity contribution is -0.139. The Balaban J connectivity index is 1.56. The zero-order valence-electron chi connectivity index (χ0n) is 23.7. The van der Waals surface area contributed by atoms with Crippen LogP contribution in [0.3, 0.4) is 0 Å². The number of benzene rings is 2. The van der Waals surface area contributed by atoms with Crippen LogP contribution in [-0.2, 0) is 14.3 Å². The first-order valence-corrected chi connectivity index (χ1v) is 14.5. The molecule has 0 amide bonds. The van der Waals surface area contributed by atoms with Gasteiger partial charge in [-0.05, 0) is 69.7 Å². The van der Waals surface area contributed by atoms with E-state index in [1.165, 1.54) is 15.9 Å². The first kappa shape index (κ1) is 28.8. The van der Waals surface area contributed by atoms with Gasteiger partial charge in [0, 0.05) is 11.6 Å². The van der Waals surface area contributed by atoms with Crippen molar-refractivity contribution in [2.24, 2.45) is 4.99 Å². The third-order valence-corrected chi connectivity index (χ3v) is 7.57. The van der Waals surface area contributed by atoms with E-state index in [-0.39, 0.29) is 18.8 Å². The maximum absolute atomic E-state index is 13.9. The van der Waals surface area contributed by atoms with Gasteiger partial charge in [-0.3, -0.25) is 9.36 Å². The van der Waals surface area contributed by atoms with Gasteiger partial charge in [0.1, 0.15) is 17.3 Å². The Morgan fingerprint density at radius 3 is 2.43 bits per heavy atom. The van der Waals surface area contributed by atoms with Crippen LogP contribution in [0.15, 0.2) is 86.1 Å². The van der Waals surface area contributed by atoms with Crippen LogP contribution in [0.4, 0.5) is 0 Å². The summed E-state index contributed by atoms with van der Waals surface area (Å²) in [5, 5.41) is 0. The van der Waals surface area contributed by atoms with E-state index in [9.17, 15) is 14.4 Å². The monoisotopic (exact) mass is 586 g/mol. The Labute approximate surface area is 246 Å². The van der Waals surface area contributed by atoms with Crippen LogP contribution in [0.5, 0.6) is 5.75 Å². The van der Waals surface area contributed by atoms with Crippen molar-refractivity contribution in [2.45, 2.75) is 33.7 Å². The minimum Gasteiger partial charge on any atom is -0.494 e. The Morgan fingerprint density at radius 2 is 1.71 bits per heavy atom. The van der Waals surface area contributed by atoms with Crippen molar-refractivity contribution in [3.8, 4) is 17.1 Å². The molecule has 0 fully saturated rings. The van der Waals surface area contributed by atoms with Crippen LogP contribution in [0, 0.1) is 0 Å². The summed E-state index contributed by atoms with van der Waals surface area (Å²) < 4.78 is 24.0. The summed E-state index contributed by atoms with van der Waals surface area (Å²) in [6, 6.07) is 17.1. The summed E-state index contributed by atoms with van der Waals surface area (Å²) in [4.78, 5) is 44.2. The maximum Gasteiger partial charge on any atom is 0.338 e. The number of fused-ring (bicyclic) bond motifs is 1. The van der Waals surface area contributed by atoms with Crippen LogP contribution in [-0.4, -0.2) is 36.3 Å². The quantitative estimate of drug-likeness (QED) is 0.263. The lowest BCUT2D eigenvalue weighted by Crippen LogP contribution is -2.39. The number of nitrogens with zero attached hydrogens (tertiary/aromatic N) is 2. The molecule has 42 heavy (non-hydrogen) atoms. The average molecular weight is 587 g/mol. The van der Waals surface area contributed by atoms with Gasteiger partial charge in [0.2, 0.25) is 0 Å². The smallest absolute Gasteiger partial charge is 0.338 e. The molecule has 0 N–H and O–H groups in total. The molecule has 2 aromatic heterocycles. The SMILES string of the molecule is CCOC(=O)C1=C(C)N=c2s/c(=C\c3ccc(-c4cccc(C(=O)OCC)c4)o3)c(=O)n2[C@@H]1c1ccc(OCC)cc1. The molecule has 0 bridgehead atoms. The zero-order chi connectivity index (χ0) is 29.8. The molecule has 10 heteroatoms. The summed E-state index contributed by atoms with van der Waals surface area (Å²) in [7, 11) is 0. The molecule has 0 saturated heterocycles. The molecule has 0 spiro atoms. The molecule has 0 saturated carbocycles. The molecule has 0 aliphatic carbocycles. The third kappa shape index (κ3) is 5.71. The van der Waals surface area contributed by atoms with Gasteiger partial charge >= 0.3 is 11.9 Å². The van der Waals surface area contributed by atoms with Crippen molar-refractivity contribution in [2.75, 3.05) is 19.8 Å². The zero-order valence-corrected chi connectivity index (χ0v) is 24.5. The third-order valence-electron chi connectivity index (χ3n) is 6.58. The highest BCUT2D eigenvalue weighted by Crippen LogP contribution is 2.32. The van der Waals surface area contributed by atoms with Crippen LogP contribution >= 0.6 is 11.3 Å². The van der Waals surface area contributed by atoms with Crippen molar-refractivity contribution < 1.29 is 28.2 Å². The average Bonchev–Trinajstić information content (AvgIpc) is 3.57. The molecular weight excluding hydrogens is 556 g/mol. The van der Waals surface area contributed by atoms with Crippen LogP contribution < -0.4 is 19.6 Å². The van der Waals surface area contributed by atoms with E-state index < -0.39 is 18.0 Å². The molecule has 4 aromatic rings. The second-order valence-corrected chi connectivity index (χ2v) is 10.3. The topological polar surface area (TPSA) is 109 Å². The Morgan fingerprint density at radius 1 is 0.976 bits per heavy atom. The number of thiazole rings is 1. The van der Waals surface area contributed by atoms with Gasteiger partial charge in [0.15, 0.2) is 4.80 Å². The van der Waals surface area contributed by atoms with E-state index in [0.29, 0.717) is 55.6 Å². The van der Waals surface area contributed by atoms with Crippen molar-refractivity contribution in [3.05, 3.63) is 109 Å². The number of rotatable bonds is 9. The van der Waals surface area contributed by atoms with E-state index in [2.05, 4.69) is 4.99 Å². The van der Waals surface area contributed by atoms with E-state index in [1.54, 1.807) is 57.2 Å². The van der Waals surface area contributed by atoms with Gasteiger partial charge in [-0.1, -0.05) is 35.6 Å². The second kappa shape index (κ2) is 12.4. The number of hydrogen-bond donors (Lipinski definition) is 0. The summed E-state index contributed by atoms with van der Waals surface area (Å²) in [6.45, 7) is 8.13. The molecular formula is C32H30N2O7S. The Hall–Kier alpha value is -4.70. The number of furan rings is 1. The summed E-state index contributed by atoms with van der Waals surface area (Å²) in [6.07, 6.45) is 1.65. The van der Waals surface area contributed by atoms with E-state index in [4.69, 9.17) is 18.6 Å². The molecule has 1 atom stereocenters. The van der Waals surface area contributed by atoms with Crippen molar-refractivity contribution in [3.63, 3.8) is 0 Å². The number of carbonyl (C=O) groups excluding carboxylic acids is 2. The van der Waals surface area contributed by atoms with E-state index in [1.807, 2.05) is 37.3 Å². The number of allylic oxidation sites excluding steroid dienone is 1. The first-order valence-electron chi connectivity index (χ1n) is 13.6. The number of hydrogen-bond acceptors (Lipinski definition) is 9. The maximum atomic E-state index is 13.9. The predicted molar refractivity (Wildman–Crippen MR) is 158 cm³/mol. The number of carbonyl (C=O) groups is 2. The van der Waals surface area contributed by atoms with Crippen LogP contribution in [0.2, 0.25) is 0 Å². The molecule has 2 aromatic carbocycles. The summed E-state index contributed by atoms with van der Waals surface area (Å²) in [5.41, 5.74) is 2.33. The van der Waals surface area contributed by atoms with Gasteiger partial charge in [-0.15, -0.1) is 0 Å². The number of ether oxygens (including phenoxy) is 3. The summed E-state index contributed by atoms with van der Waals surface area (Å²) >= 11 is 1.21. The fourth-order valence-corrected chi connectivity index (χ4v) is 5.78. The van der Waals surface area contributed by atoms with Crippen molar-refractivity contribution in [1.29, 1.82) is 0 Å². The van der Waals surface area contributed by atoms with E-state index in [0.717, 1.165) is 5.56 Å². The number of esters is 2. The van der Waals surface area contributed by atoms with Gasteiger partial charge in [-0.2, -0.15) is 0 Å². The molecule has 0 unspecified atom stereocenters. The van der Waals surface area contributed by atoms with Gasteiger partial charge in [0.05, 0.1) is 47.2 Å². The largest absolute Gasteiger partial charge is 0.494 e. The normalized spacial score (nSPS) is 14.8. The van der Waals surface area contributed by atoms with Gasteiger partial charge in [-0.25, -0.2) is 14.6 Å². The van der Waals surface area contributed by atoms with Crippen LogP contribution in [0.25, 0.3) is 17.4 Å². The first-order chi connectivity index (χ1) is 20.3. The van der Waals surface area contributed by atoms with Gasteiger partial charge < -0.3 is 18.6 Å². The highest BCUT2D eigenvalue weighted by molar-refractivity contribution is 7.07. The lowest BCUT2D eigenvalue weighted by atomic mass is 9.96. The molecule has 216 valence electrons. The predicted octanol–water partition coefficient (Wildman–Crippen LogP) is 4.63. The van der Waals surface area contributed by atoms with Crippen molar-refractivity contribution >= 4 is 29.4 Å². The molecule has 9 nitrogen and oxygen atoms in total. The summed E-state index contributed by atoms with van der Waals surface area (Å²) in [5.74, 6) is 0.747. The van der Waals surface area contributed by atoms with Gasteiger partial charge in [0.25, 0.3) is 5.56 Å². The molecule has 1 aliphatic rings. The second-order valence-electron chi connectivity index (χ2n) is 9.31. The minimum atomic E-state index is -0.726. The fraction of sp³-hybridized carbons (Fsp3) is 0.250.